The van der Waals surface area contributed by atoms with E-state index in [1.54, 1.807) is 6.20 Å². The molecule has 78 valence electrons. The quantitative estimate of drug-likeness (QED) is 0.411. The summed E-state index contributed by atoms with van der Waals surface area (Å²) in [5, 5.41) is 0. The lowest BCUT2D eigenvalue weighted by Gasteiger charge is -1.94. The Balaban J connectivity index is 0.000000292. The molecule has 0 spiro atoms. The molecule has 0 aliphatic rings. The largest absolute Gasteiger partial charge is 0.673 e. The van der Waals surface area contributed by atoms with Gasteiger partial charge < -0.3 is 17.3 Å². The van der Waals surface area contributed by atoms with Crippen LogP contribution in [0, 0.1) is 0 Å². The van der Waals surface area contributed by atoms with Gasteiger partial charge in [0.05, 0.1) is 0 Å². The van der Waals surface area contributed by atoms with E-state index in [0.29, 0.717) is 0 Å². The monoisotopic (exact) mass is 206 g/mol. The third kappa shape index (κ3) is 10.7. The second kappa shape index (κ2) is 6.18. The van der Waals surface area contributed by atoms with Gasteiger partial charge in [0.1, 0.15) is 0 Å². The maximum atomic E-state index is 9.75. The van der Waals surface area contributed by atoms with Crippen LogP contribution in [0.15, 0.2) is 37.1 Å². The van der Waals surface area contributed by atoms with Gasteiger partial charge >= 0.3 is 7.25 Å². The summed E-state index contributed by atoms with van der Waals surface area (Å²) in [5.74, 6) is 0. The van der Waals surface area contributed by atoms with Gasteiger partial charge in [0.25, 0.3) is 0 Å². The van der Waals surface area contributed by atoms with Crippen molar-refractivity contribution >= 4 is 7.25 Å². The molecule has 1 rings (SSSR count). The molecule has 0 atom stereocenters. The maximum absolute atomic E-state index is 9.75. The van der Waals surface area contributed by atoms with E-state index < -0.39 is 7.25 Å². The molecule has 0 N–H and O–H groups in total. The lowest BCUT2D eigenvalue weighted by molar-refractivity contribution is 0.368. The average Bonchev–Trinajstić information content (AvgIpc) is 2.03. The van der Waals surface area contributed by atoms with Gasteiger partial charge in [-0.1, -0.05) is 12.1 Å². The Morgan fingerprint density at radius 1 is 1.29 bits per heavy atom. The first-order valence-electron chi connectivity index (χ1n) is 3.81. The van der Waals surface area contributed by atoms with E-state index in [2.05, 4.69) is 11.6 Å². The molecule has 1 aromatic heterocycles. The summed E-state index contributed by atoms with van der Waals surface area (Å²) < 4.78 is 39.0. The summed E-state index contributed by atoms with van der Waals surface area (Å²) in [5.41, 5.74) is 1.08. The van der Waals surface area contributed by atoms with Crippen molar-refractivity contribution in [1.29, 1.82) is 0 Å². The molecule has 1 nitrogen and oxygen atoms in total. The van der Waals surface area contributed by atoms with Crippen LogP contribution in [0.25, 0.3) is 0 Å². The van der Waals surface area contributed by atoms with Crippen molar-refractivity contribution in [1.82, 2.24) is 4.98 Å². The van der Waals surface area contributed by atoms with Crippen molar-refractivity contribution in [2.45, 2.75) is 6.42 Å². The summed E-state index contributed by atoms with van der Waals surface area (Å²) in [6.45, 7) is 3.62. The van der Waals surface area contributed by atoms with E-state index in [1.165, 1.54) is 0 Å². The number of hydrogen-bond donors (Lipinski definition) is 0. The van der Waals surface area contributed by atoms with Crippen molar-refractivity contribution in [2.75, 3.05) is 0 Å². The summed E-state index contributed by atoms with van der Waals surface area (Å²) in [6.07, 6.45) is 4.50. The zero-order valence-electron chi connectivity index (χ0n) is 7.34. The zero-order valence-corrected chi connectivity index (χ0v) is 7.34. The maximum Gasteiger partial charge on any atom is 0.673 e. The third-order valence-corrected chi connectivity index (χ3v) is 1.08. The molecule has 0 fully saturated rings. The minimum atomic E-state index is -6.00. The SMILES string of the molecule is C=CCc1ccccn1.F[B-](F)(F)F. The van der Waals surface area contributed by atoms with Gasteiger partial charge in [-0.25, -0.2) is 0 Å². The van der Waals surface area contributed by atoms with Crippen LogP contribution in [0.5, 0.6) is 0 Å². The third-order valence-electron chi connectivity index (χ3n) is 1.08. The number of nitrogens with zero attached hydrogens (tertiary/aromatic N) is 1. The molecule has 6 heteroatoms. The van der Waals surface area contributed by atoms with Crippen LogP contribution < -0.4 is 0 Å². The van der Waals surface area contributed by atoms with Crippen LogP contribution in [0.4, 0.5) is 17.3 Å². The van der Waals surface area contributed by atoms with Gasteiger partial charge in [-0.05, 0) is 12.1 Å². The van der Waals surface area contributed by atoms with Crippen molar-refractivity contribution < 1.29 is 17.3 Å². The van der Waals surface area contributed by atoms with Gasteiger partial charge in [-0.15, -0.1) is 6.58 Å². The molecule has 0 aliphatic carbocycles. The molecule has 0 amide bonds. The molecule has 0 aromatic carbocycles. The summed E-state index contributed by atoms with van der Waals surface area (Å²) in [6, 6.07) is 5.88. The van der Waals surface area contributed by atoms with Gasteiger partial charge in [-0.3, -0.25) is 4.98 Å². The van der Waals surface area contributed by atoms with Crippen LogP contribution in [0.2, 0.25) is 0 Å². The fraction of sp³-hybridized carbons (Fsp3) is 0.125. The lowest BCUT2D eigenvalue weighted by atomic mass is 10.3. The first-order valence-corrected chi connectivity index (χ1v) is 3.81. The summed E-state index contributed by atoms with van der Waals surface area (Å²) in [7, 11) is -6.00. The normalized spacial score (nSPS) is 10.0. The second-order valence-corrected chi connectivity index (χ2v) is 2.31. The minimum Gasteiger partial charge on any atom is -0.418 e. The Hall–Kier alpha value is -1.33. The fourth-order valence-electron chi connectivity index (χ4n) is 0.667. The number of aromatic nitrogens is 1. The standard InChI is InChI=1S/C8H9N.BF4/c1-2-5-8-6-3-4-7-9-8;2-1(3,4)5/h2-4,6-7H,1,5H2;/q;-1. The van der Waals surface area contributed by atoms with Crippen LogP contribution in [0.3, 0.4) is 0 Å². The summed E-state index contributed by atoms with van der Waals surface area (Å²) >= 11 is 0. The molecule has 0 saturated heterocycles. The molecule has 0 radical (unpaired) electrons. The Morgan fingerprint density at radius 2 is 1.86 bits per heavy atom. The van der Waals surface area contributed by atoms with Gasteiger partial charge in [0.15, 0.2) is 0 Å². The molecular formula is C8H9BF4N-. The van der Waals surface area contributed by atoms with E-state index >= 15 is 0 Å². The van der Waals surface area contributed by atoms with Crippen molar-refractivity contribution in [3.63, 3.8) is 0 Å². The molecule has 1 heterocycles. The molecule has 0 unspecified atom stereocenters. The van der Waals surface area contributed by atoms with E-state index in [-0.39, 0.29) is 0 Å². The highest BCUT2D eigenvalue weighted by molar-refractivity contribution is 6.50. The van der Waals surface area contributed by atoms with Gasteiger partial charge in [0.2, 0.25) is 0 Å². The number of pyridine rings is 1. The Morgan fingerprint density at radius 3 is 2.21 bits per heavy atom. The van der Waals surface area contributed by atoms with Crippen LogP contribution in [-0.4, -0.2) is 12.2 Å². The fourth-order valence-corrected chi connectivity index (χ4v) is 0.667. The van der Waals surface area contributed by atoms with E-state index in [4.69, 9.17) is 0 Å². The number of allylic oxidation sites excluding steroid dienone is 1. The molecule has 1 aromatic rings. The average molecular weight is 206 g/mol. The summed E-state index contributed by atoms with van der Waals surface area (Å²) in [4.78, 5) is 4.10. The van der Waals surface area contributed by atoms with Crippen molar-refractivity contribution in [2.24, 2.45) is 0 Å². The zero-order chi connectivity index (χ0) is 11.0. The predicted molar refractivity (Wildman–Crippen MR) is 48.3 cm³/mol. The van der Waals surface area contributed by atoms with Gasteiger partial charge in [-0.2, -0.15) is 0 Å². The highest BCUT2D eigenvalue weighted by Crippen LogP contribution is 2.06. The molecule has 0 saturated carbocycles. The molecule has 14 heavy (non-hydrogen) atoms. The van der Waals surface area contributed by atoms with Crippen LogP contribution in [0.1, 0.15) is 5.69 Å². The number of halogens is 4. The Kier molecular flexibility index (Phi) is 5.59. The van der Waals surface area contributed by atoms with Crippen LogP contribution >= 0.6 is 0 Å². The highest BCUT2D eigenvalue weighted by Gasteiger charge is 2.20. The predicted octanol–water partition coefficient (Wildman–Crippen LogP) is 3.11. The van der Waals surface area contributed by atoms with Crippen molar-refractivity contribution in [3.05, 3.63) is 42.7 Å². The smallest absolute Gasteiger partial charge is 0.418 e. The highest BCUT2D eigenvalue weighted by atomic mass is 19.5. The topological polar surface area (TPSA) is 12.9 Å². The van der Waals surface area contributed by atoms with E-state index in [9.17, 15) is 17.3 Å². The van der Waals surface area contributed by atoms with Crippen LogP contribution in [-0.2, 0) is 6.42 Å². The van der Waals surface area contributed by atoms with E-state index in [1.807, 2.05) is 24.3 Å². The molecular weight excluding hydrogens is 197 g/mol. The number of hydrogen-bond acceptors (Lipinski definition) is 1. The first-order chi connectivity index (χ1) is 6.43. The first kappa shape index (κ1) is 12.7. The van der Waals surface area contributed by atoms with Crippen molar-refractivity contribution in [3.8, 4) is 0 Å². The number of rotatable bonds is 2. The molecule has 0 aliphatic heterocycles. The minimum absolute atomic E-state index is 0.862. The van der Waals surface area contributed by atoms with Gasteiger partial charge in [0, 0.05) is 18.3 Å². The van der Waals surface area contributed by atoms with E-state index in [0.717, 1.165) is 12.1 Å². The molecule has 0 bridgehead atoms. The lowest BCUT2D eigenvalue weighted by Crippen LogP contribution is -2.02. The Labute approximate surface area is 79.6 Å². The second-order valence-electron chi connectivity index (χ2n) is 2.31. The Bertz CT molecular complexity index is 254.